The monoisotopic (exact) mass is 783 g/mol. The van der Waals surface area contributed by atoms with E-state index in [9.17, 15) is 0 Å². The molecule has 3 aromatic carbocycles. The van der Waals surface area contributed by atoms with Gasteiger partial charge in [-0.05, 0) is 71.9 Å². The molecule has 0 amide bonds. The Morgan fingerprint density at radius 1 is 0.304 bits per heavy atom. The molecule has 0 aliphatic carbocycles. The van der Waals surface area contributed by atoms with Crippen LogP contribution in [0.4, 0.5) is 0 Å². The van der Waals surface area contributed by atoms with Gasteiger partial charge >= 0.3 is 0 Å². The van der Waals surface area contributed by atoms with Gasteiger partial charge in [0.25, 0.3) is 0 Å². The highest BCUT2D eigenvalue weighted by Gasteiger charge is 2.34. The molecule has 0 saturated carbocycles. The van der Waals surface area contributed by atoms with Crippen molar-refractivity contribution in [3.05, 3.63) is 106 Å². The number of unbranched alkanes of at least 4 members (excludes halogenated alkanes) is 27. The van der Waals surface area contributed by atoms with Crippen LogP contribution in [0.3, 0.4) is 0 Å². The summed E-state index contributed by atoms with van der Waals surface area (Å²) >= 11 is 8.12. The maximum atomic E-state index is 8.12. The highest BCUT2D eigenvalue weighted by atomic mass is 35.5. The first-order valence-corrected chi connectivity index (χ1v) is 25.0. The molecule has 1 heteroatoms. The smallest absolute Gasteiger partial charge is 0.104 e. The van der Waals surface area contributed by atoms with Gasteiger partial charge < -0.3 is 0 Å². The van der Waals surface area contributed by atoms with Crippen LogP contribution < -0.4 is 0 Å². The lowest BCUT2D eigenvalue weighted by Gasteiger charge is -2.30. The van der Waals surface area contributed by atoms with Crippen LogP contribution in [0.1, 0.15) is 247 Å². The van der Waals surface area contributed by atoms with Crippen LogP contribution >= 0.6 is 11.6 Å². The normalized spacial score (nSPS) is 11.8. The van der Waals surface area contributed by atoms with E-state index in [2.05, 4.69) is 93.6 Å². The van der Waals surface area contributed by atoms with Crippen LogP contribution in [0.5, 0.6) is 0 Å². The second-order valence-corrected chi connectivity index (χ2v) is 18.1. The van der Waals surface area contributed by atoms with E-state index in [1.54, 1.807) is 0 Å². The minimum atomic E-state index is -0.713. The zero-order valence-corrected chi connectivity index (χ0v) is 37.9. The summed E-state index contributed by atoms with van der Waals surface area (Å²) in [6.45, 7) is 6.91. The van der Waals surface area contributed by atoms with Gasteiger partial charge in [0.2, 0.25) is 0 Å². The van der Waals surface area contributed by atoms with E-state index in [0.29, 0.717) is 0 Å². The van der Waals surface area contributed by atoms with E-state index in [1.807, 2.05) is 0 Å². The molecule has 0 spiro atoms. The standard InChI is InChI=1S/C55H87Cl/c1-4-7-10-13-16-19-22-25-28-31-37-49-40-34-43-52(46-49)55(56,53-44-35-41-50(47-53)38-32-29-26-23-20-17-14-11-8-5-2)54-45-36-42-51(48-54)39-33-30-27-24-21-18-15-12-9-6-3/h34-36,40-48H,4-33,37-39H2,1-3H3. The Balaban J connectivity index is 1.65. The molecule has 0 aliphatic heterocycles. The third-order valence-corrected chi connectivity index (χ3v) is 13.1. The fourth-order valence-electron chi connectivity index (χ4n) is 8.77. The molecule has 0 bridgehead atoms. The van der Waals surface area contributed by atoms with Crippen LogP contribution in [0, 0.1) is 0 Å². The minimum Gasteiger partial charge on any atom is -0.104 e. The molecular weight excluding hydrogens is 696 g/mol. The number of benzene rings is 3. The van der Waals surface area contributed by atoms with E-state index < -0.39 is 4.87 Å². The average Bonchev–Trinajstić information content (AvgIpc) is 3.23. The molecule has 314 valence electrons. The van der Waals surface area contributed by atoms with Crippen molar-refractivity contribution in [2.45, 2.75) is 238 Å². The fraction of sp³-hybridized carbons (Fsp3) is 0.673. The first-order valence-electron chi connectivity index (χ1n) is 24.6. The van der Waals surface area contributed by atoms with E-state index >= 15 is 0 Å². The maximum absolute atomic E-state index is 8.12. The van der Waals surface area contributed by atoms with Gasteiger partial charge in [0.05, 0.1) is 0 Å². The molecule has 0 radical (unpaired) electrons. The number of alkyl halides is 1. The van der Waals surface area contributed by atoms with E-state index in [0.717, 1.165) is 19.3 Å². The van der Waals surface area contributed by atoms with E-state index in [-0.39, 0.29) is 0 Å². The molecule has 3 aromatic rings. The highest BCUT2D eigenvalue weighted by molar-refractivity contribution is 6.28. The van der Waals surface area contributed by atoms with Crippen LogP contribution in [-0.4, -0.2) is 0 Å². The van der Waals surface area contributed by atoms with Crippen molar-refractivity contribution in [2.24, 2.45) is 0 Å². The largest absolute Gasteiger partial charge is 0.119 e. The van der Waals surface area contributed by atoms with Crippen LogP contribution in [0.2, 0.25) is 0 Å². The summed E-state index contributed by atoms with van der Waals surface area (Å²) in [6.07, 6.45) is 44.6. The molecule has 0 nitrogen and oxygen atoms in total. The lowest BCUT2D eigenvalue weighted by molar-refractivity contribution is 0.556. The van der Waals surface area contributed by atoms with Crippen molar-refractivity contribution in [1.29, 1.82) is 0 Å². The van der Waals surface area contributed by atoms with Gasteiger partial charge in [0.1, 0.15) is 4.87 Å². The Kier molecular flexibility index (Phi) is 27.5. The number of hydrogen-bond donors (Lipinski definition) is 0. The third-order valence-electron chi connectivity index (χ3n) is 12.4. The molecule has 0 atom stereocenters. The zero-order valence-electron chi connectivity index (χ0n) is 37.1. The van der Waals surface area contributed by atoms with Crippen LogP contribution in [-0.2, 0) is 24.1 Å². The van der Waals surface area contributed by atoms with Crippen molar-refractivity contribution >= 4 is 11.6 Å². The lowest BCUT2D eigenvalue weighted by Crippen LogP contribution is -2.23. The summed E-state index contributed by atoms with van der Waals surface area (Å²) in [5.74, 6) is 0. The van der Waals surface area contributed by atoms with Gasteiger partial charge in [0.15, 0.2) is 0 Å². The first-order chi connectivity index (χ1) is 27.6. The molecular formula is C55H87Cl. The second-order valence-electron chi connectivity index (χ2n) is 17.6. The summed E-state index contributed by atoms with van der Waals surface area (Å²) in [5.41, 5.74) is 7.93. The summed E-state index contributed by atoms with van der Waals surface area (Å²) in [7, 11) is 0. The lowest BCUT2D eigenvalue weighted by atomic mass is 9.81. The van der Waals surface area contributed by atoms with Gasteiger partial charge in [-0.25, -0.2) is 0 Å². The van der Waals surface area contributed by atoms with Gasteiger partial charge in [0, 0.05) is 0 Å². The van der Waals surface area contributed by atoms with E-state index in [4.69, 9.17) is 11.6 Å². The Labute approximate surface area is 353 Å². The molecule has 56 heavy (non-hydrogen) atoms. The summed E-state index contributed by atoms with van der Waals surface area (Å²) in [5, 5.41) is 0. The Morgan fingerprint density at radius 3 is 0.750 bits per heavy atom. The predicted molar refractivity (Wildman–Crippen MR) is 252 cm³/mol. The molecule has 3 rings (SSSR count). The van der Waals surface area contributed by atoms with Gasteiger partial charge in [-0.15, -0.1) is 11.6 Å². The summed E-state index contributed by atoms with van der Waals surface area (Å²) in [4.78, 5) is -0.713. The van der Waals surface area contributed by atoms with Crippen molar-refractivity contribution in [3.8, 4) is 0 Å². The van der Waals surface area contributed by atoms with Crippen molar-refractivity contribution in [1.82, 2.24) is 0 Å². The average molecular weight is 784 g/mol. The molecule has 0 unspecified atom stereocenters. The summed E-state index contributed by atoms with van der Waals surface area (Å²) in [6, 6.07) is 28.0. The number of aryl methyl sites for hydroxylation is 3. The van der Waals surface area contributed by atoms with Crippen molar-refractivity contribution in [3.63, 3.8) is 0 Å². The Bertz CT molecular complexity index is 1190. The molecule has 0 aliphatic rings. The Hall–Kier alpha value is -2.05. The molecule has 0 saturated heterocycles. The van der Waals surface area contributed by atoms with Crippen LogP contribution in [0.15, 0.2) is 72.8 Å². The topological polar surface area (TPSA) is 0 Å². The predicted octanol–water partition coefficient (Wildman–Crippen LogP) is 18.6. The zero-order chi connectivity index (χ0) is 39.8. The molecule has 0 fully saturated rings. The van der Waals surface area contributed by atoms with E-state index in [1.165, 1.54) is 226 Å². The number of rotatable bonds is 36. The SMILES string of the molecule is CCCCCCCCCCCCc1cccc(C(Cl)(c2cccc(CCCCCCCCCCCC)c2)c2cccc(CCCCCCCCCCCC)c2)c1. The van der Waals surface area contributed by atoms with Crippen LogP contribution in [0.25, 0.3) is 0 Å². The van der Waals surface area contributed by atoms with Crippen molar-refractivity contribution < 1.29 is 0 Å². The number of hydrogen-bond acceptors (Lipinski definition) is 0. The second kappa shape index (κ2) is 31.9. The third kappa shape index (κ3) is 20.1. The molecule has 0 heterocycles. The minimum absolute atomic E-state index is 0.713. The maximum Gasteiger partial charge on any atom is 0.119 e. The Morgan fingerprint density at radius 2 is 0.518 bits per heavy atom. The quantitative estimate of drug-likeness (QED) is 0.0313. The molecule has 0 aromatic heterocycles. The number of halogens is 1. The molecule has 0 N–H and O–H groups in total. The fourth-order valence-corrected chi connectivity index (χ4v) is 9.13. The first kappa shape index (κ1) is 48.3. The van der Waals surface area contributed by atoms with Gasteiger partial charge in [-0.2, -0.15) is 0 Å². The van der Waals surface area contributed by atoms with Gasteiger partial charge in [-0.1, -0.05) is 267 Å². The summed E-state index contributed by atoms with van der Waals surface area (Å²) < 4.78 is 0. The van der Waals surface area contributed by atoms with Gasteiger partial charge in [-0.3, -0.25) is 0 Å². The van der Waals surface area contributed by atoms with Crippen molar-refractivity contribution in [2.75, 3.05) is 0 Å². The highest BCUT2D eigenvalue weighted by Crippen LogP contribution is 2.44.